The first-order valence-corrected chi connectivity index (χ1v) is 8.30. The van der Waals surface area contributed by atoms with Gasteiger partial charge in [-0.25, -0.2) is 8.42 Å². The van der Waals surface area contributed by atoms with Crippen molar-refractivity contribution in [2.24, 2.45) is 5.92 Å². The Morgan fingerprint density at radius 2 is 1.73 bits per heavy atom. The maximum atomic E-state index is 12.2. The summed E-state index contributed by atoms with van der Waals surface area (Å²) in [5.74, 6) is -1.81. The van der Waals surface area contributed by atoms with Crippen LogP contribution in [0.1, 0.15) is 27.2 Å². The lowest BCUT2D eigenvalue weighted by Crippen LogP contribution is -2.44. The summed E-state index contributed by atoms with van der Waals surface area (Å²) >= 11 is 0. The van der Waals surface area contributed by atoms with Gasteiger partial charge in [0, 0.05) is 12.1 Å². The molecule has 0 fully saturated rings. The highest BCUT2D eigenvalue weighted by atomic mass is 32.2. The van der Waals surface area contributed by atoms with Crippen molar-refractivity contribution < 1.29 is 23.1 Å². The van der Waals surface area contributed by atoms with E-state index in [2.05, 4.69) is 10.0 Å². The molecule has 8 heteroatoms. The number of carboxylic acid groups (broad SMARTS) is 1. The van der Waals surface area contributed by atoms with Crippen molar-refractivity contribution in [1.82, 2.24) is 4.72 Å². The number of hydrogen-bond acceptors (Lipinski definition) is 4. The van der Waals surface area contributed by atoms with E-state index in [0.717, 1.165) is 0 Å². The maximum Gasteiger partial charge on any atom is 0.322 e. The van der Waals surface area contributed by atoms with E-state index in [9.17, 15) is 18.0 Å². The van der Waals surface area contributed by atoms with E-state index in [1.54, 1.807) is 20.8 Å². The number of carbonyl (C=O) groups excluding carboxylic acids is 1. The summed E-state index contributed by atoms with van der Waals surface area (Å²) < 4.78 is 26.5. The summed E-state index contributed by atoms with van der Waals surface area (Å²) in [7, 11) is -3.94. The van der Waals surface area contributed by atoms with Gasteiger partial charge in [0.05, 0.1) is 4.90 Å². The van der Waals surface area contributed by atoms with Crippen molar-refractivity contribution in [1.29, 1.82) is 0 Å². The third kappa shape index (κ3) is 4.81. The fourth-order valence-corrected chi connectivity index (χ4v) is 3.01. The Bertz CT molecular complexity index is 638. The van der Waals surface area contributed by atoms with E-state index >= 15 is 0 Å². The number of aliphatic carboxylic acids is 1. The summed E-state index contributed by atoms with van der Waals surface area (Å²) in [5, 5.41) is 11.6. The molecule has 7 nitrogen and oxygen atoms in total. The summed E-state index contributed by atoms with van der Waals surface area (Å²) in [6.07, 6.45) is 0.316. The maximum absolute atomic E-state index is 12.2. The van der Waals surface area contributed by atoms with Crippen LogP contribution in [0.15, 0.2) is 29.2 Å². The van der Waals surface area contributed by atoms with E-state index in [0.29, 0.717) is 12.1 Å². The molecule has 0 aromatic heterocycles. The molecule has 3 N–H and O–H groups in total. The molecule has 1 aromatic carbocycles. The van der Waals surface area contributed by atoms with Crippen LogP contribution in [0.4, 0.5) is 5.69 Å². The van der Waals surface area contributed by atoms with E-state index < -0.39 is 28.0 Å². The van der Waals surface area contributed by atoms with Gasteiger partial charge in [-0.3, -0.25) is 9.59 Å². The average Bonchev–Trinajstić information content (AvgIpc) is 2.44. The molecule has 1 aromatic rings. The fourth-order valence-electron chi connectivity index (χ4n) is 1.67. The zero-order valence-electron chi connectivity index (χ0n) is 12.7. The predicted molar refractivity (Wildman–Crippen MR) is 81.9 cm³/mol. The molecule has 1 rings (SSSR count). The first kappa shape index (κ1) is 18.1. The van der Waals surface area contributed by atoms with Gasteiger partial charge >= 0.3 is 5.97 Å². The van der Waals surface area contributed by atoms with Crippen molar-refractivity contribution in [2.45, 2.75) is 38.1 Å². The molecule has 0 bridgehead atoms. The molecule has 0 heterocycles. The van der Waals surface area contributed by atoms with Gasteiger partial charge in [-0.15, -0.1) is 0 Å². The highest BCUT2D eigenvalue weighted by molar-refractivity contribution is 7.89. The van der Waals surface area contributed by atoms with E-state index in [1.165, 1.54) is 24.3 Å². The van der Waals surface area contributed by atoms with Gasteiger partial charge in [0.25, 0.3) is 0 Å². The molecule has 0 aliphatic heterocycles. The van der Waals surface area contributed by atoms with Crippen LogP contribution in [-0.4, -0.2) is 31.4 Å². The SMILES string of the molecule is CCC(=O)Nc1ccc(S(=O)(=O)N[C@H](C(=O)O)C(C)C)cc1. The van der Waals surface area contributed by atoms with Gasteiger partial charge in [0.2, 0.25) is 15.9 Å². The predicted octanol–water partition coefficient (Wildman–Crippen LogP) is 1.42. The number of amides is 1. The van der Waals surface area contributed by atoms with Crippen molar-refractivity contribution in [3.63, 3.8) is 0 Å². The second-order valence-electron chi connectivity index (χ2n) is 5.11. The Morgan fingerprint density at radius 1 is 1.18 bits per heavy atom. The van der Waals surface area contributed by atoms with Crippen molar-refractivity contribution in [3.05, 3.63) is 24.3 Å². The Kier molecular flexibility index (Phi) is 6.07. The Balaban J connectivity index is 2.94. The van der Waals surface area contributed by atoms with E-state index in [4.69, 9.17) is 5.11 Å². The second kappa shape index (κ2) is 7.37. The normalized spacial score (nSPS) is 12.9. The quantitative estimate of drug-likeness (QED) is 0.701. The number of rotatable bonds is 7. The molecule has 122 valence electrons. The largest absolute Gasteiger partial charge is 0.480 e. The van der Waals surface area contributed by atoms with Gasteiger partial charge in [-0.2, -0.15) is 4.72 Å². The van der Waals surface area contributed by atoms with Gasteiger partial charge in [-0.1, -0.05) is 20.8 Å². The first-order valence-electron chi connectivity index (χ1n) is 6.82. The fraction of sp³-hybridized carbons (Fsp3) is 0.429. The van der Waals surface area contributed by atoms with Gasteiger partial charge in [0.15, 0.2) is 0 Å². The van der Waals surface area contributed by atoms with Gasteiger partial charge < -0.3 is 10.4 Å². The van der Waals surface area contributed by atoms with Crippen LogP contribution >= 0.6 is 0 Å². The van der Waals surface area contributed by atoms with E-state index in [-0.39, 0.29) is 10.8 Å². The van der Waals surface area contributed by atoms with Crippen LogP contribution in [0.2, 0.25) is 0 Å². The molecule has 0 unspecified atom stereocenters. The molecule has 1 atom stereocenters. The zero-order chi connectivity index (χ0) is 16.9. The lowest BCUT2D eigenvalue weighted by atomic mass is 10.1. The number of carbonyl (C=O) groups is 2. The van der Waals surface area contributed by atoms with Gasteiger partial charge in [0.1, 0.15) is 6.04 Å². The topological polar surface area (TPSA) is 113 Å². The number of hydrogen-bond donors (Lipinski definition) is 3. The lowest BCUT2D eigenvalue weighted by Gasteiger charge is -2.18. The number of nitrogens with one attached hydrogen (secondary N) is 2. The van der Waals surface area contributed by atoms with Crippen LogP contribution in [0, 0.1) is 5.92 Å². The van der Waals surface area contributed by atoms with Crippen LogP contribution < -0.4 is 10.0 Å². The minimum Gasteiger partial charge on any atom is -0.480 e. The van der Waals surface area contributed by atoms with Crippen molar-refractivity contribution >= 4 is 27.6 Å². The van der Waals surface area contributed by atoms with Crippen LogP contribution in [0.5, 0.6) is 0 Å². The molecule has 1 amide bonds. The molecule has 0 spiro atoms. The number of benzene rings is 1. The Morgan fingerprint density at radius 3 is 2.14 bits per heavy atom. The van der Waals surface area contributed by atoms with E-state index in [1.807, 2.05) is 0 Å². The Hall–Kier alpha value is -1.93. The zero-order valence-corrected chi connectivity index (χ0v) is 13.5. The lowest BCUT2D eigenvalue weighted by molar-refractivity contribution is -0.140. The first-order chi connectivity index (χ1) is 10.2. The van der Waals surface area contributed by atoms with Crippen LogP contribution in [0.3, 0.4) is 0 Å². The number of sulfonamides is 1. The Labute approximate surface area is 129 Å². The standard InChI is InChI=1S/C14H20N2O5S/c1-4-12(17)15-10-5-7-11(8-6-10)22(20,21)16-13(9(2)3)14(18)19/h5-9,13,16H,4H2,1-3H3,(H,15,17)(H,18,19)/t13-/m0/s1. The van der Waals surface area contributed by atoms with Crippen molar-refractivity contribution in [3.8, 4) is 0 Å². The summed E-state index contributed by atoms with van der Waals surface area (Å²) in [5.41, 5.74) is 0.476. The highest BCUT2D eigenvalue weighted by Gasteiger charge is 2.27. The third-order valence-electron chi connectivity index (χ3n) is 2.98. The number of anilines is 1. The minimum atomic E-state index is -3.94. The van der Waals surface area contributed by atoms with Crippen LogP contribution in [0.25, 0.3) is 0 Å². The molecule has 0 aliphatic rings. The minimum absolute atomic E-state index is 0.0612. The second-order valence-corrected chi connectivity index (χ2v) is 6.82. The third-order valence-corrected chi connectivity index (χ3v) is 4.44. The molecular weight excluding hydrogens is 308 g/mol. The molecular formula is C14H20N2O5S. The molecule has 22 heavy (non-hydrogen) atoms. The monoisotopic (exact) mass is 328 g/mol. The average molecular weight is 328 g/mol. The summed E-state index contributed by atoms with van der Waals surface area (Å²) in [6.45, 7) is 4.94. The smallest absolute Gasteiger partial charge is 0.322 e. The van der Waals surface area contributed by atoms with Gasteiger partial charge in [-0.05, 0) is 30.2 Å². The number of carboxylic acids is 1. The molecule has 0 aliphatic carbocycles. The summed E-state index contributed by atoms with van der Waals surface area (Å²) in [6, 6.07) is 4.32. The van der Waals surface area contributed by atoms with Crippen molar-refractivity contribution in [2.75, 3.05) is 5.32 Å². The molecule has 0 saturated carbocycles. The highest BCUT2D eigenvalue weighted by Crippen LogP contribution is 2.16. The molecule has 0 saturated heterocycles. The van der Waals surface area contributed by atoms with Crippen LogP contribution in [-0.2, 0) is 19.6 Å². The summed E-state index contributed by atoms with van der Waals surface area (Å²) in [4.78, 5) is 22.3. The molecule has 0 radical (unpaired) electrons.